The van der Waals surface area contributed by atoms with Crippen molar-refractivity contribution in [2.24, 2.45) is 5.92 Å². The molecule has 1 rings (SSSR count). The summed E-state index contributed by atoms with van der Waals surface area (Å²) in [5, 5.41) is 13.2. The van der Waals surface area contributed by atoms with E-state index >= 15 is 0 Å². The van der Waals surface area contributed by atoms with Crippen molar-refractivity contribution in [3.8, 4) is 6.07 Å². The lowest BCUT2D eigenvalue weighted by atomic mass is 10.1. The third-order valence-electron chi connectivity index (χ3n) is 3.55. The van der Waals surface area contributed by atoms with E-state index in [1.165, 1.54) is 0 Å². The molecule has 0 aromatic carbocycles. The summed E-state index contributed by atoms with van der Waals surface area (Å²) in [6.07, 6.45) is 1.31. The van der Waals surface area contributed by atoms with Crippen molar-refractivity contribution < 1.29 is 4.79 Å². The summed E-state index contributed by atoms with van der Waals surface area (Å²) in [5.74, 6) is 0.573. The second-order valence-electron chi connectivity index (χ2n) is 5.96. The van der Waals surface area contributed by atoms with E-state index in [4.69, 9.17) is 5.26 Å². The fraction of sp³-hybridized carbons (Fsp3) is 0.688. The van der Waals surface area contributed by atoms with E-state index in [1.54, 1.807) is 9.58 Å². The van der Waals surface area contributed by atoms with Crippen LogP contribution in [-0.2, 0) is 4.79 Å². The molecule has 0 radical (unpaired) electrons. The Bertz CT molecular complexity index is 513. The molecule has 1 aromatic heterocycles. The SMILES string of the molecule is Cc1cc(C)n([C@@H](C)C(=O)N(CCC#N)CCC(C)C)n1. The van der Waals surface area contributed by atoms with Crippen LogP contribution in [0.25, 0.3) is 0 Å². The van der Waals surface area contributed by atoms with Crippen molar-refractivity contribution in [2.45, 2.75) is 53.5 Å². The van der Waals surface area contributed by atoms with Gasteiger partial charge in [-0.15, -0.1) is 0 Å². The molecule has 0 bridgehead atoms. The molecule has 0 N–H and O–H groups in total. The number of aryl methyl sites for hydroxylation is 2. The fourth-order valence-corrected chi connectivity index (χ4v) is 2.34. The van der Waals surface area contributed by atoms with Crippen molar-refractivity contribution in [1.82, 2.24) is 14.7 Å². The van der Waals surface area contributed by atoms with E-state index in [1.807, 2.05) is 26.8 Å². The van der Waals surface area contributed by atoms with Crippen LogP contribution in [0.4, 0.5) is 0 Å². The van der Waals surface area contributed by atoms with Gasteiger partial charge in [0.1, 0.15) is 6.04 Å². The van der Waals surface area contributed by atoms with E-state index in [0.717, 1.165) is 17.8 Å². The number of carbonyl (C=O) groups is 1. The second kappa shape index (κ2) is 7.82. The van der Waals surface area contributed by atoms with Gasteiger partial charge in [0, 0.05) is 18.8 Å². The zero-order valence-electron chi connectivity index (χ0n) is 13.8. The van der Waals surface area contributed by atoms with Gasteiger partial charge in [0.25, 0.3) is 0 Å². The molecular weight excluding hydrogens is 264 g/mol. The van der Waals surface area contributed by atoms with E-state index in [2.05, 4.69) is 25.0 Å². The molecule has 116 valence electrons. The van der Waals surface area contributed by atoms with Crippen LogP contribution < -0.4 is 0 Å². The average molecular weight is 290 g/mol. The van der Waals surface area contributed by atoms with Gasteiger partial charge < -0.3 is 4.90 Å². The number of hydrogen-bond donors (Lipinski definition) is 0. The molecule has 0 aliphatic heterocycles. The Morgan fingerprint density at radius 3 is 2.52 bits per heavy atom. The highest BCUT2D eigenvalue weighted by Gasteiger charge is 2.23. The topological polar surface area (TPSA) is 61.9 Å². The molecule has 0 spiro atoms. The van der Waals surface area contributed by atoms with Gasteiger partial charge in [0.2, 0.25) is 5.91 Å². The molecule has 21 heavy (non-hydrogen) atoms. The average Bonchev–Trinajstić information content (AvgIpc) is 2.76. The van der Waals surface area contributed by atoms with Crippen LogP contribution in [-0.4, -0.2) is 33.7 Å². The van der Waals surface area contributed by atoms with E-state index < -0.39 is 0 Å². The van der Waals surface area contributed by atoms with Crippen LogP contribution >= 0.6 is 0 Å². The minimum atomic E-state index is -0.329. The minimum Gasteiger partial charge on any atom is -0.340 e. The standard InChI is InChI=1S/C16H26N4O/c1-12(2)7-10-19(9-6-8-17)16(21)15(5)20-14(4)11-13(3)18-20/h11-12,15H,6-7,9-10H2,1-5H3/t15-/m0/s1. The van der Waals surface area contributed by atoms with Crippen LogP contribution in [0.5, 0.6) is 0 Å². The van der Waals surface area contributed by atoms with Crippen molar-refractivity contribution >= 4 is 5.91 Å². The lowest BCUT2D eigenvalue weighted by Crippen LogP contribution is -2.38. The monoisotopic (exact) mass is 290 g/mol. The highest BCUT2D eigenvalue weighted by Crippen LogP contribution is 2.15. The summed E-state index contributed by atoms with van der Waals surface area (Å²) in [5.41, 5.74) is 1.90. The number of nitriles is 1. The molecule has 0 saturated carbocycles. The molecule has 0 fully saturated rings. The number of carbonyl (C=O) groups excluding carboxylic acids is 1. The molecule has 0 unspecified atom stereocenters. The normalized spacial score (nSPS) is 12.2. The number of rotatable bonds is 7. The summed E-state index contributed by atoms with van der Waals surface area (Å²) in [4.78, 5) is 14.5. The first-order chi connectivity index (χ1) is 9.86. The van der Waals surface area contributed by atoms with Crippen LogP contribution in [0.15, 0.2) is 6.07 Å². The Labute approximate surface area is 127 Å². The Morgan fingerprint density at radius 2 is 2.05 bits per heavy atom. The number of amides is 1. The maximum Gasteiger partial charge on any atom is 0.247 e. The van der Waals surface area contributed by atoms with Crippen molar-refractivity contribution in [1.29, 1.82) is 5.26 Å². The van der Waals surface area contributed by atoms with E-state index in [0.29, 0.717) is 25.4 Å². The molecule has 0 aliphatic rings. The minimum absolute atomic E-state index is 0.0390. The van der Waals surface area contributed by atoms with Crippen LogP contribution in [0.2, 0.25) is 0 Å². The first kappa shape index (κ1) is 17.2. The third kappa shape index (κ3) is 4.89. The maximum absolute atomic E-state index is 12.7. The maximum atomic E-state index is 12.7. The van der Waals surface area contributed by atoms with E-state index in [-0.39, 0.29) is 11.9 Å². The number of nitrogens with zero attached hydrogens (tertiary/aromatic N) is 4. The smallest absolute Gasteiger partial charge is 0.247 e. The molecule has 0 aliphatic carbocycles. The van der Waals surface area contributed by atoms with Crippen LogP contribution in [0.3, 0.4) is 0 Å². The van der Waals surface area contributed by atoms with Crippen LogP contribution in [0.1, 0.15) is 51.0 Å². The second-order valence-corrected chi connectivity index (χ2v) is 5.96. The highest BCUT2D eigenvalue weighted by molar-refractivity contribution is 5.80. The lowest BCUT2D eigenvalue weighted by molar-refractivity contribution is -0.134. The van der Waals surface area contributed by atoms with Gasteiger partial charge in [-0.25, -0.2) is 0 Å². The lowest BCUT2D eigenvalue weighted by Gasteiger charge is -2.26. The Balaban J connectivity index is 2.82. The summed E-state index contributed by atoms with van der Waals surface area (Å²) in [6.45, 7) is 11.2. The van der Waals surface area contributed by atoms with Gasteiger partial charge in [-0.2, -0.15) is 10.4 Å². The molecular formula is C16H26N4O. The summed E-state index contributed by atoms with van der Waals surface area (Å²) < 4.78 is 1.77. The van der Waals surface area contributed by atoms with Gasteiger partial charge >= 0.3 is 0 Å². The predicted octanol–water partition coefficient (Wildman–Crippen LogP) is 2.85. The zero-order valence-corrected chi connectivity index (χ0v) is 13.8. The summed E-state index contributed by atoms with van der Waals surface area (Å²) in [7, 11) is 0. The molecule has 1 atom stereocenters. The van der Waals surface area contributed by atoms with Crippen molar-refractivity contribution in [2.75, 3.05) is 13.1 Å². The molecule has 5 heteroatoms. The first-order valence-electron chi connectivity index (χ1n) is 7.55. The molecule has 5 nitrogen and oxygen atoms in total. The van der Waals surface area contributed by atoms with Gasteiger partial charge in [-0.05, 0) is 39.2 Å². The Hall–Kier alpha value is -1.83. The van der Waals surface area contributed by atoms with Crippen molar-refractivity contribution in [3.63, 3.8) is 0 Å². The van der Waals surface area contributed by atoms with E-state index in [9.17, 15) is 4.79 Å². The first-order valence-corrected chi connectivity index (χ1v) is 7.55. The Kier molecular flexibility index (Phi) is 6.41. The molecule has 1 heterocycles. The van der Waals surface area contributed by atoms with Gasteiger partial charge in [-0.1, -0.05) is 13.8 Å². The number of aromatic nitrogens is 2. The van der Waals surface area contributed by atoms with Crippen LogP contribution in [0, 0.1) is 31.1 Å². The van der Waals surface area contributed by atoms with Crippen molar-refractivity contribution in [3.05, 3.63) is 17.5 Å². The predicted molar refractivity (Wildman–Crippen MR) is 82.7 cm³/mol. The summed E-state index contributed by atoms with van der Waals surface area (Å²) in [6, 6.07) is 3.76. The fourth-order valence-electron chi connectivity index (χ4n) is 2.34. The number of hydrogen-bond acceptors (Lipinski definition) is 3. The van der Waals surface area contributed by atoms with Gasteiger partial charge in [0.15, 0.2) is 0 Å². The largest absolute Gasteiger partial charge is 0.340 e. The zero-order chi connectivity index (χ0) is 16.0. The van der Waals surface area contributed by atoms with Gasteiger partial charge in [0.05, 0.1) is 18.2 Å². The van der Waals surface area contributed by atoms with Gasteiger partial charge in [-0.3, -0.25) is 9.48 Å². The summed E-state index contributed by atoms with van der Waals surface area (Å²) >= 11 is 0. The quantitative estimate of drug-likeness (QED) is 0.775. The third-order valence-corrected chi connectivity index (χ3v) is 3.55. The Morgan fingerprint density at radius 1 is 1.38 bits per heavy atom. The molecule has 1 amide bonds. The highest BCUT2D eigenvalue weighted by atomic mass is 16.2. The molecule has 1 aromatic rings. The molecule has 0 saturated heterocycles.